The Hall–Kier alpha value is -2.91. The number of amides is 1. The Morgan fingerprint density at radius 1 is 1.21 bits per heavy atom. The molecule has 1 amide bonds. The Morgan fingerprint density at radius 2 is 1.90 bits per heavy atom. The summed E-state index contributed by atoms with van der Waals surface area (Å²) < 4.78 is 9.75. The SMILES string of the molecule is CCOC(=O)[C@H](N)CCC(=O)N[C@@](O)(Cc1c[nH]c2ccccc12)C(=O)OCC. The molecule has 9 heteroatoms. The molecular weight excluding hydrogens is 378 g/mol. The van der Waals surface area contributed by atoms with Crippen molar-refractivity contribution in [2.45, 2.75) is 44.9 Å². The molecule has 0 fully saturated rings. The Bertz CT molecular complexity index is 865. The number of esters is 2. The Kier molecular flexibility index (Phi) is 7.74. The summed E-state index contributed by atoms with van der Waals surface area (Å²) in [6.07, 6.45) is 1.31. The van der Waals surface area contributed by atoms with Crippen LogP contribution in [0.3, 0.4) is 0 Å². The van der Waals surface area contributed by atoms with Crippen molar-refractivity contribution in [2.75, 3.05) is 13.2 Å². The molecule has 5 N–H and O–H groups in total. The molecule has 9 nitrogen and oxygen atoms in total. The number of ether oxygens (including phenoxy) is 2. The van der Waals surface area contributed by atoms with Gasteiger partial charge in [0, 0.05) is 29.9 Å². The molecule has 0 radical (unpaired) electrons. The minimum atomic E-state index is -2.26. The highest BCUT2D eigenvalue weighted by Gasteiger charge is 2.40. The summed E-state index contributed by atoms with van der Waals surface area (Å²) in [5.74, 6) is -2.21. The number of nitrogens with one attached hydrogen (secondary N) is 2. The molecule has 0 saturated carbocycles. The van der Waals surface area contributed by atoms with Crippen molar-refractivity contribution >= 4 is 28.7 Å². The fourth-order valence-corrected chi connectivity index (χ4v) is 2.92. The van der Waals surface area contributed by atoms with E-state index in [2.05, 4.69) is 10.3 Å². The van der Waals surface area contributed by atoms with Crippen LogP contribution in [0.2, 0.25) is 0 Å². The van der Waals surface area contributed by atoms with Crippen LogP contribution >= 0.6 is 0 Å². The predicted octanol–water partition coefficient (Wildman–Crippen LogP) is 0.749. The van der Waals surface area contributed by atoms with E-state index in [0.717, 1.165) is 10.9 Å². The maximum Gasteiger partial charge on any atom is 0.359 e. The number of carbonyl (C=O) groups is 3. The summed E-state index contributed by atoms with van der Waals surface area (Å²) in [4.78, 5) is 39.4. The van der Waals surface area contributed by atoms with Gasteiger partial charge in [-0.3, -0.25) is 9.59 Å². The molecule has 1 aromatic heterocycles. The lowest BCUT2D eigenvalue weighted by molar-refractivity contribution is -0.171. The molecule has 29 heavy (non-hydrogen) atoms. The second kappa shape index (κ2) is 10.0. The van der Waals surface area contributed by atoms with Crippen molar-refractivity contribution in [3.05, 3.63) is 36.0 Å². The first kappa shape index (κ1) is 22.4. The lowest BCUT2D eigenvalue weighted by atomic mass is 10.0. The Labute approximate surface area is 168 Å². The fraction of sp³-hybridized carbons (Fsp3) is 0.450. The van der Waals surface area contributed by atoms with Crippen LogP contribution in [0.1, 0.15) is 32.3 Å². The molecule has 0 unspecified atom stereocenters. The molecule has 1 aromatic carbocycles. The average molecular weight is 405 g/mol. The molecule has 0 aliphatic rings. The van der Waals surface area contributed by atoms with Crippen molar-refractivity contribution in [2.24, 2.45) is 5.73 Å². The zero-order valence-electron chi connectivity index (χ0n) is 16.6. The molecule has 0 bridgehead atoms. The number of benzene rings is 1. The summed E-state index contributed by atoms with van der Waals surface area (Å²) >= 11 is 0. The van der Waals surface area contributed by atoms with E-state index < -0.39 is 29.6 Å². The van der Waals surface area contributed by atoms with Gasteiger partial charge in [-0.05, 0) is 31.9 Å². The largest absolute Gasteiger partial charge is 0.465 e. The van der Waals surface area contributed by atoms with Gasteiger partial charge < -0.3 is 30.6 Å². The Morgan fingerprint density at radius 3 is 2.59 bits per heavy atom. The molecule has 0 aliphatic carbocycles. The summed E-state index contributed by atoms with van der Waals surface area (Å²) in [6, 6.07) is 6.42. The van der Waals surface area contributed by atoms with Gasteiger partial charge in [-0.2, -0.15) is 0 Å². The van der Waals surface area contributed by atoms with Crippen LogP contribution in [-0.2, 0) is 30.3 Å². The van der Waals surface area contributed by atoms with Gasteiger partial charge in [0.25, 0.3) is 0 Å². The normalized spacial score (nSPS) is 14.1. The van der Waals surface area contributed by atoms with Crippen LogP contribution in [0.4, 0.5) is 0 Å². The number of aliphatic hydroxyl groups is 1. The smallest absolute Gasteiger partial charge is 0.359 e. The number of nitrogens with two attached hydrogens (primary N) is 1. The first-order chi connectivity index (χ1) is 13.8. The second-order valence-electron chi connectivity index (χ2n) is 6.56. The third-order valence-corrected chi connectivity index (χ3v) is 4.35. The summed E-state index contributed by atoms with van der Waals surface area (Å²) in [6.45, 7) is 3.48. The van der Waals surface area contributed by atoms with Gasteiger partial charge in [-0.15, -0.1) is 0 Å². The van der Waals surface area contributed by atoms with Crippen molar-refractivity contribution in [1.82, 2.24) is 10.3 Å². The van der Waals surface area contributed by atoms with Gasteiger partial charge in [-0.1, -0.05) is 18.2 Å². The number of hydrogen-bond donors (Lipinski definition) is 4. The highest BCUT2D eigenvalue weighted by Crippen LogP contribution is 2.22. The van der Waals surface area contributed by atoms with Crippen LogP contribution in [0.25, 0.3) is 10.9 Å². The number of aromatic amines is 1. The van der Waals surface area contributed by atoms with Crippen LogP contribution in [0, 0.1) is 0 Å². The lowest BCUT2D eigenvalue weighted by Gasteiger charge is -2.27. The van der Waals surface area contributed by atoms with Crippen molar-refractivity contribution < 1.29 is 29.0 Å². The van der Waals surface area contributed by atoms with Crippen LogP contribution in [-0.4, -0.2) is 52.9 Å². The second-order valence-corrected chi connectivity index (χ2v) is 6.56. The van der Waals surface area contributed by atoms with Crippen LogP contribution in [0.15, 0.2) is 30.5 Å². The topological polar surface area (TPSA) is 144 Å². The number of rotatable bonds is 10. The van der Waals surface area contributed by atoms with Gasteiger partial charge in [0.2, 0.25) is 11.6 Å². The molecule has 2 atom stereocenters. The van der Waals surface area contributed by atoms with Gasteiger partial charge in [0.15, 0.2) is 0 Å². The Balaban J connectivity index is 2.11. The minimum absolute atomic E-state index is 0.0106. The molecule has 2 rings (SSSR count). The van der Waals surface area contributed by atoms with Gasteiger partial charge >= 0.3 is 11.9 Å². The van der Waals surface area contributed by atoms with Gasteiger partial charge in [-0.25, -0.2) is 4.79 Å². The van der Waals surface area contributed by atoms with E-state index in [0.29, 0.717) is 5.56 Å². The van der Waals surface area contributed by atoms with E-state index in [4.69, 9.17) is 15.2 Å². The predicted molar refractivity (Wildman–Crippen MR) is 106 cm³/mol. The standard InChI is InChI=1S/C20H27N3O6/c1-3-28-18(25)15(21)9-10-17(24)23-20(27,19(26)29-4-2)11-13-12-22-16-8-6-5-7-14(13)16/h5-8,12,15,22,27H,3-4,9-11,21H2,1-2H3,(H,23,24)/t15-,20-/m1/s1. The molecule has 0 spiro atoms. The first-order valence-corrected chi connectivity index (χ1v) is 9.48. The highest BCUT2D eigenvalue weighted by molar-refractivity contribution is 5.89. The molecule has 158 valence electrons. The van der Waals surface area contributed by atoms with E-state index in [1.165, 1.54) is 0 Å². The van der Waals surface area contributed by atoms with E-state index in [1.54, 1.807) is 20.0 Å². The third kappa shape index (κ3) is 5.78. The maximum atomic E-state index is 12.4. The summed E-state index contributed by atoms with van der Waals surface area (Å²) in [5, 5.41) is 14.1. The van der Waals surface area contributed by atoms with Crippen molar-refractivity contribution in [3.63, 3.8) is 0 Å². The third-order valence-electron chi connectivity index (χ3n) is 4.35. The highest BCUT2D eigenvalue weighted by atomic mass is 16.6. The van der Waals surface area contributed by atoms with Gasteiger partial charge in [0.05, 0.1) is 13.2 Å². The monoisotopic (exact) mass is 405 g/mol. The maximum absolute atomic E-state index is 12.4. The average Bonchev–Trinajstić information content (AvgIpc) is 3.09. The molecule has 2 aromatic rings. The van der Waals surface area contributed by atoms with Gasteiger partial charge in [0.1, 0.15) is 6.04 Å². The number of para-hydroxylation sites is 1. The zero-order valence-corrected chi connectivity index (χ0v) is 16.6. The van der Waals surface area contributed by atoms with Crippen LogP contribution < -0.4 is 11.1 Å². The van der Waals surface area contributed by atoms with Crippen molar-refractivity contribution in [3.8, 4) is 0 Å². The number of aromatic nitrogens is 1. The fourth-order valence-electron chi connectivity index (χ4n) is 2.92. The summed E-state index contributed by atoms with van der Waals surface area (Å²) in [5.41, 5.74) is 4.90. The number of carbonyl (C=O) groups excluding carboxylic acids is 3. The lowest BCUT2D eigenvalue weighted by Crippen LogP contribution is -2.57. The molecule has 0 saturated heterocycles. The molecule has 1 heterocycles. The zero-order chi connectivity index (χ0) is 21.4. The van der Waals surface area contributed by atoms with Crippen molar-refractivity contribution in [1.29, 1.82) is 0 Å². The first-order valence-electron chi connectivity index (χ1n) is 9.48. The number of H-pyrrole nitrogens is 1. The van der Waals surface area contributed by atoms with E-state index in [-0.39, 0.29) is 32.5 Å². The number of hydrogen-bond acceptors (Lipinski definition) is 7. The minimum Gasteiger partial charge on any atom is -0.465 e. The molecular formula is C20H27N3O6. The number of fused-ring (bicyclic) bond motifs is 1. The summed E-state index contributed by atoms with van der Waals surface area (Å²) in [7, 11) is 0. The van der Waals surface area contributed by atoms with E-state index >= 15 is 0 Å². The quantitative estimate of drug-likeness (QED) is 0.337. The molecule has 0 aliphatic heterocycles. The van der Waals surface area contributed by atoms with E-state index in [1.807, 2.05) is 24.3 Å². The van der Waals surface area contributed by atoms with Crippen LogP contribution in [0.5, 0.6) is 0 Å². The van der Waals surface area contributed by atoms with E-state index in [9.17, 15) is 19.5 Å².